The number of hydrogen-bond acceptors (Lipinski definition) is 17. The zero-order chi connectivity index (χ0) is 52.8. The van der Waals surface area contributed by atoms with Crippen LogP contribution in [-0.4, -0.2) is 155 Å². The minimum Gasteiger partial charge on any atom is -1.00 e. The van der Waals surface area contributed by atoms with E-state index in [1.165, 1.54) is 6.20 Å². The van der Waals surface area contributed by atoms with Gasteiger partial charge in [-0.1, -0.05) is 23.7 Å². The molecule has 388 valence electrons. The third-order valence-corrected chi connectivity index (χ3v) is 15.4. The van der Waals surface area contributed by atoms with Gasteiger partial charge in [0, 0.05) is 91.5 Å². The molecule has 2 aliphatic rings. The predicted octanol–water partition coefficient (Wildman–Crippen LogP) is 1.48. The molecular formula is C44H56Br2Cl3FK2N12O7P2. The van der Waals surface area contributed by atoms with E-state index in [2.05, 4.69) is 82.0 Å². The van der Waals surface area contributed by atoms with Gasteiger partial charge in [-0.2, -0.15) is 15.2 Å². The summed E-state index contributed by atoms with van der Waals surface area (Å²) in [5.74, 6) is 0.517. The summed E-state index contributed by atoms with van der Waals surface area (Å²) >= 11 is 23.4. The summed E-state index contributed by atoms with van der Waals surface area (Å²) < 4.78 is 57.0. The molecular weight excluding hydrogens is 1230 g/mol. The van der Waals surface area contributed by atoms with Crippen molar-refractivity contribution in [2.45, 2.75) is 13.1 Å². The number of anilines is 3. The van der Waals surface area contributed by atoms with Gasteiger partial charge in [0.2, 0.25) is 10.6 Å². The maximum atomic E-state index is 13.1. The zero-order valence-corrected chi connectivity index (χ0v) is 54.7. The van der Waals surface area contributed by atoms with Gasteiger partial charge in [-0.3, -0.25) is 28.3 Å². The summed E-state index contributed by atoms with van der Waals surface area (Å²) in [6.07, 6.45) is 10.8. The maximum absolute atomic E-state index is 13.1. The van der Waals surface area contributed by atoms with E-state index in [0.717, 1.165) is 117 Å². The molecule has 0 aliphatic carbocycles. The molecule has 6 aromatic rings. The number of nitrogens with one attached hydrogen (secondary N) is 1. The number of nitrogen functional groups attached to an aromatic ring is 1. The van der Waals surface area contributed by atoms with Crippen LogP contribution in [0, 0.1) is 0 Å². The quantitative estimate of drug-likeness (QED) is 0.0244. The van der Waals surface area contributed by atoms with Crippen molar-refractivity contribution in [2.75, 3.05) is 111 Å². The summed E-state index contributed by atoms with van der Waals surface area (Å²) in [4.78, 5) is 31.5. The molecule has 0 radical (unpaired) electrons. The van der Waals surface area contributed by atoms with E-state index in [-0.39, 0.29) is 121 Å². The molecule has 2 saturated heterocycles. The monoisotopic (exact) mass is 1290 g/mol. The first-order valence-corrected chi connectivity index (χ1v) is 29.3. The number of carbonyl (C=O) groups excluding carboxylic acids is 1. The van der Waals surface area contributed by atoms with E-state index < -0.39 is 21.4 Å². The number of rotatable bonds is 13. The van der Waals surface area contributed by atoms with Gasteiger partial charge in [-0.05, 0) is 117 Å². The van der Waals surface area contributed by atoms with Crippen LogP contribution in [-0.2, 0) is 41.4 Å². The summed E-state index contributed by atoms with van der Waals surface area (Å²) in [5, 5.41) is 22.7. The molecule has 2 aromatic carbocycles. The first-order valence-electron chi connectivity index (χ1n) is 22.1. The molecule has 0 bridgehead atoms. The molecule has 2 fully saturated rings. The molecule has 6 heterocycles. The van der Waals surface area contributed by atoms with Crippen LogP contribution in [0.5, 0.6) is 0 Å². The number of nitrogens with two attached hydrogens (primary N) is 1. The van der Waals surface area contributed by atoms with Gasteiger partial charge in [0.1, 0.15) is 25.3 Å². The van der Waals surface area contributed by atoms with Gasteiger partial charge in [-0.15, -0.1) is 0 Å². The Kier molecular flexibility index (Phi) is 32.0. The first-order chi connectivity index (χ1) is 34.3. The molecule has 29 heteroatoms. The van der Waals surface area contributed by atoms with Crippen molar-refractivity contribution < 1.29 is 144 Å². The Labute approximate surface area is 544 Å². The van der Waals surface area contributed by atoms with Crippen LogP contribution in [0.3, 0.4) is 0 Å². The van der Waals surface area contributed by atoms with Gasteiger partial charge in [0.05, 0.1) is 75.1 Å². The standard InChI is InChI=1S/C21H25BrClN6O2P.C17H25N4O2P.C4HBrCl2N2.CH3F.CH2O3.2K.H/c1-32(2,30)19-11-15(3-4-18(19)26-20-17(22)13-24-21(23)27-20)16-12-25-29(14-16)6-5-28-7-9-31-10-8-28;1-24(2,22)17-11-14(3-4-16(17)18)15-12-19-21(13-15)6-5-20-7-9-23-10-8-20;5-2-1-8-4(7)9-3(2)6;1-2;2-1-4-3;;;/h3-4,11-14H,5-10H2,1-2H3,(H,24,26,27);3-4,11-13H,5-10,18H2,1-2H3;1H;1H3;1,3H;;;/q;;;;;2*+1;-1/p-1/i;;;1D;;;;. The van der Waals surface area contributed by atoms with Crippen LogP contribution in [0.1, 0.15) is 2.80 Å². The Balaban J connectivity index is 0.000000574. The van der Waals surface area contributed by atoms with Gasteiger partial charge in [0.25, 0.3) is 6.47 Å². The van der Waals surface area contributed by atoms with Crippen LogP contribution in [0.15, 0.2) is 82.5 Å². The van der Waals surface area contributed by atoms with Gasteiger partial charge >= 0.3 is 103 Å². The number of carbonyl (C=O) groups is 1. The number of ether oxygens (including phenoxy) is 2. The molecule has 0 saturated carbocycles. The molecule has 2 aliphatic heterocycles. The summed E-state index contributed by atoms with van der Waals surface area (Å²) in [7, 11) is -5.99. The molecule has 0 atom stereocenters. The molecule has 0 spiro atoms. The van der Waals surface area contributed by atoms with Crippen LogP contribution in [0.2, 0.25) is 15.7 Å². The molecule has 3 N–H and O–H groups in total. The second-order valence-electron chi connectivity index (χ2n) is 16.0. The third-order valence-electron chi connectivity index (χ3n) is 10.3. The van der Waals surface area contributed by atoms with Crippen molar-refractivity contribution in [3.05, 3.63) is 98.2 Å². The first kappa shape index (κ1) is 66.7. The Morgan fingerprint density at radius 3 is 1.64 bits per heavy atom. The van der Waals surface area contributed by atoms with Crippen LogP contribution in [0.4, 0.5) is 21.6 Å². The zero-order valence-electron chi connectivity index (χ0n) is 43.3. The fourth-order valence-electron chi connectivity index (χ4n) is 6.75. The van der Waals surface area contributed by atoms with Gasteiger partial charge in [0.15, 0.2) is 0 Å². The minimum atomic E-state index is -2.59. The third kappa shape index (κ3) is 23.7. The van der Waals surface area contributed by atoms with Crippen molar-refractivity contribution in [3.8, 4) is 22.3 Å². The number of nitrogens with zero attached hydrogens (tertiary/aromatic N) is 10. The van der Waals surface area contributed by atoms with Crippen LogP contribution >= 0.6 is 80.9 Å². The number of alkyl halides is 1. The maximum Gasteiger partial charge on any atom is 1.00 e. The van der Waals surface area contributed by atoms with Gasteiger partial charge < -0.3 is 41.2 Å². The van der Waals surface area contributed by atoms with E-state index >= 15 is 0 Å². The Bertz CT molecular complexity index is 2770. The average Bonchev–Trinajstić information content (AvgIpc) is 4.04. The van der Waals surface area contributed by atoms with Crippen molar-refractivity contribution >= 4 is 115 Å². The fourth-order valence-corrected chi connectivity index (χ4v) is 9.97. The topological polar surface area (TPSA) is 234 Å². The Morgan fingerprint density at radius 1 is 0.767 bits per heavy atom. The molecule has 19 nitrogen and oxygen atoms in total. The van der Waals surface area contributed by atoms with Crippen LogP contribution < -0.4 is 130 Å². The van der Waals surface area contributed by atoms with Crippen molar-refractivity contribution in [3.63, 3.8) is 0 Å². The smallest absolute Gasteiger partial charge is 1.00 e. The summed E-state index contributed by atoms with van der Waals surface area (Å²) in [5.41, 5.74) is 11.3. The van der Waals surface area contributed by atoms with Crippen LogP contribution in [0.25, 0.3) is 22.3 Å². The number of aromatic nitrogens is 8. The van der Waals surface area contributed by atoms with Gasteiger partial charge in [-0.25, -0.2) is 15.0 Å². The largest absolute Gasteiger partial charge is 1.00 e. The SMILES string of the molecule is CP(C)(=O)c1cc(-c2cnn(CCN3CCOCC3)c2)ccc1N.CP(C)(=O)c1cc(-c2cnn(CCN3CCOCC3)c2)ccc1Nc1nc(Cl)ncc1Br.Clc1ncc(Br)c(Cl)n1.O=CO[O-].[2H]CF.[H-].[K+].[K+]. The fraction of sp³-hybridized carbons (Fsp3) is 0.386. The van der Waals surface area contributed by atoms with Crippen molar-refractivity contribution in [2.24, 2.45) is 0 Å². The number of halogens is 6. The van der Waals surface area contributed by atoms with E-state index in [1.54, 1.807) is 32.9 Å². The number of hydrogen-bond donors (Lipinski definition) is 2. The molecule has 0 unspecified atom stereocenters. The Morgan fingerprint density at radius 2 is 1.21 bits per heavy atom. The van der Waals surface area contributed by atoms with Crippen molar-refractivity contribution in [1.82, 2.24) is 49.3 Å². The second-order valence-corrected chi connectivity index (χ2v) is 25.1. The Hall–Kier alpha value is -0.617. The molecule has 8 rings (SSSR count). The summed E-state index contributed by atoms with van der Waals surface area (Å²) in [6, 6.07) is 11.6. The normalized spacial score (nSPS) is 13.8. The van der Waals surface area contributed by atoms with E-state index in [1.807, 2.05) is 70.5 Å². The number of morpholine rings is 2. The molecule has 73 heavy (non-hydrogen) atoms. The molecule has 4 aromatic heterocycles. The average molecular weight is 1290 g/mol. The van der Waals surface area contributed by atoms with E-state index in [9.17, 15) is 13.5 Å². The second kappa shape index (κ2) is 35.1. The number of benzene rings is 2. The van der Waals surface area contributed by atoms with E-state index in [0.29, 0.717) is 25.6 Å². The predicted molar refractivity (Wildman–Crippen MR) is 286 cm³/mol. The summed E-state index contributed by atoms with van der Waals surface area (Å²) in [6.45, 7) is 17.5. The van der Waals surface area contributed by atoms with Crippen molar-refractivity contribution in [1.29, 1.82) is 0 Å². The minimum absolute atomic E-state index is 0. The van der Waals surface area contributed by atoms with E-state index in [4.69, 9.17) is 61.4 Å². The molecule has 0 amide bonds.